The second kappa shape index (κ2) is 12.3. The van der Waals surface area contributed by atoms with Gasteiger partial charge in [0.25, 0.3) is 5.69 Å². The highest BCUT2D eigenvalue weighted by Crippen LogP contribution is 2.27. The number of nitro groups is 1. The highest BCUT2D eigenvalue weighted by atomic mass is 32.2. The lowest BCUT2D eigenvalue weighted by Gasteiger charge is -2.25. The van der Waals surface area contributed by atoms with E-state index >= 15 is 0 Å². The fourth-order valence-corrected chi connectivity index (χ4v) is 5.57. The zero-order valence-electron chi connectivity index (χ0n) is 20.3. The van der Waals surface area contributed by atoms with Crippen LogP contribution in [-0.4, -0.2) is 72.9 Å². The molecule has 1 saturated heterocycles. The number of non-ortho nitro benzene ring substituents is 1. The number of carboxylic acids is 1. The summed E-state index contributed by atoms with van der Waals surface area (Å²) in [5.41, 5.74) is 0.409. The minimum atomic E-state index is -4.18. The van der Waals surface area contributed by atoms with Gasteiger partial charge in [-0.05, 0) is 31.0 Å². The number of benzene rings is 2. The van der Waals surface area contributed by atoms with E-state index in [1.54, 1.807) is 24.3 Å². The molecule has 0 aliphatic carbocycles. The van der Waals surface area contributed by atoms with Crippen LogP contribution in [0.1, 0.15) is 18.4 Å². The fourth-order valence-electron chi connectivity index (χ4n) is 3.91. The SMILES string of the molecule is COc1ccccc1CNC(=O)NCC(NC(=O)C1CCCN1S(=O)(=O)c1ccc([N+](=O)[O-])cc1)C(=O)O. The Hall–Kier alpha value is -4.24. The molecule has 3 amide bonds. The molecule has 2 aromatic rings. The van der Waals surface area contributed by atoms with Crippen molar-refractivity contribution < 1.29 is 37.6 Å². The van der Waals surface area contributed by atoms with Crippen LogP contribution in [0.3, 0.4) is 0 Å². The molecule has 0 radical (unpaired) electrons. The maximum absolute atomic E-state index is 13.1. The van der Waals surface area contributed by atoms with E-state index in [0.29, 0.717) is 17.7 Å². The number of hydrogen-bond acceptors (Lipinski definition) is 8. The van der Waals surface area contributed by atoms with Gasteiger partial charge in [-0.3, -0.25) is 14.9 Å². The van der Waals surface area contributed by atoms with Crippen molar-refractivity contribution >= 4 is 33.6 Å². The molecule has 14 nitrogen and oxygen atoms in total. The topological polar surface area (TPSA) is 197 Å². The molecule has 0 aromatic heterocycles. The van der Waals surface area contributed by atoms with Gasteiger partial charge in [-0.2, -0.15) is 4.31 Å². The first kappa shape index (κ1) is 28.3. The number of urea groups is 1. The minimum Gasteiger partial charge on any atom is -0.496 e. The van der Waals surface area contributed by atoms with Gasteiger partial charge in [-0.15, -0.1) is 0 Å². The number of methoxy groups -OCH3 is 1. The Morgan fingerprint density at radius 3 is 2.47 bits per heavy atom. The Balaban J connectivity index is 1.61. The largest absolute Gasteiger partial charge is 0.496 e. The summed E-state index contributed by atoms with van der Waals surface area (Å²) < 4.78 is 32.3. The maximum Gasteiger partial charge on any atom is 0.328 e. The van der Waals surface area contributed by atoms with Gasteiger partial charge in [-0.25, -0.2) is 18.0 Å². The molecule has 4 N–H and O–H groups in total. The number of hydrogen-bond donors (Lipinski definition) is 4. The second-order valence-corrected chi connectivity index (χ2v) is 10.2. The third kappa shape index (κ3) is 6.74. The van der Waals surface area contributed by atoms with Crippen LogP contribution in [0.2, 0.25) is 0 Å². The van der Waals surface area contributed by atoms with Crippen LogP contribution in [0.4, 0.5) is 10.5 Å². The van der Waals surface area contributed by atoms with Crippen molar-refractivity contribution in [1.29, 1.82) is 0 Å². The maximum atomic E-state index is 13.1. The molecular weight excluding hydrogens is 522 g/mol. The number of nitrogens with zero attached hydrogens (tertiary/aromatic N) is 2. The zero-order valence-corrected chi connectivity index (χ0v) is 21.1. The first-order chi connectivity index (χ1) is 18.0. The van der Waals surface area contributed by atoms with E-state index in [-0.39, 0.29) is 30.1 Å². The second-order valence-electron chi connectivity index (χ2n) is 8.30. The van der Waals surface area contributed by atoms with Crippen molar-refractivity contribution in [3.63, 3.8) is 0 Å². The molecule has 1 fully saturated rings. The molecule has 204 valence electrons. The standard InChI is InChI=1S/C23H27N5O9S/c1-37-20-7-3-2-5-15(20)13-24-23(32)25-14-18(22(30)31)26-21(29)19-6-4-12-27(19)38(35,36)17-10-8-16(9-11-17)28(33)34/h2-3,5,7-11,18-19H,4,6,12-14H2,1H3,(H,26,29)(H,30,31)(H2,24,25,32). The first-order valence-corrected chi connectivity index (χ1v) is 12.9. The van der Waals surface area contributed by atoms with E-state index in [9.17, 15) is 38.0 Å². The van der Waals surface area contributed by atoms with Gasteiger partial charge < -0.3 is 25.8 Å². The van der Waals surface area contributed by atoms with Crippen LogP contribution in [-0.2, 0) is 26.2 Å². The number of nitrogens with one attached hydrogen (secondary N) is 3. The number of rotatable bonds is 11. The smallest absolute Gasteiger partial charge is 0.328 e. The lowest BCUT2D eigenvalue weighted by Crippen LogP contribution is -2.54. The first-order valence-electron chi connectivity index (χ1n) is 11.5. The third-order valence-corrected chi connectivity index (χ3v) is 7.80. The number of carbonyl (C=O) groups is 3. The lowest BCUT2D eigenvalue weighted by molar-refractivity contribution is -0.384. The van der Waals surface area contributed by atoms with E-state index in [4.69, 9.17) is 4.74 Å². The van der Waals surface area contributed by atoms with Crippen LogP contribution in [0, 0.1) is 10.1 Å². The van der Waals surface area contributed by atoms with Gasteiger partial charge in [0.15, 0.2) is 0 Å². The molecule has 0 saturated carbocycles. The number of carboxylic acid groups (broad SMARTS) is 1. The number of aliphatic carboxylic acids is 1. The van der Waals surface area contributed by atoms with Crippen molar-refractivity contribution in [2.75, 3.05) is 20.2 Å². The Morgan fingerprint density at radius 1 is 1.16 bits per heavy atom. The molecule has 0 bridgehead atoms. The molecule has 2 atom stereocenters. The summed E-state index contributed by atoms with van der Waals surface area (Å²) >= 11 is 0. The third-order valence-electron chi connectivity index (χ3n) is 5.87. The normalized spacial score (nSPS) is 16.3. The van der Waals surface area contributed by atoms with Crippen LogP contribution in [0.15, 0.2) is 53.4 Å². The van der Waals surface area contributed by atoms with Crippen molar-refractivity contribution in [1.82, 2.24) is 20.3 Å². The average Bonchev–Trinajstić information content (AvgIpc) is 3.41. The van der Waals surface area contributed by atoms with Crippen LogP contribution < -0.4 is 20.7 Å². The van der Waals surface area contributed by atoms with Crippen LogP contribution >= 0.6 is 0 Å². The van der Waals surface area contributed by atoms with Gasteiger partial charge in [0.05, 0.1) is 23.5 Å². The highest BCUT2D eigenvalue weighted by molar-refractivity contribution is 7.89. The molecule has 15 heteroatoms. The summed E-state index contributed by atoms with van der Waals surface area (Å²) in [6.45, 7) is -0.336. The number of sulfonamides is 1. The quantitative estimate of drug-likeness (QED) is 0.232. The van der Waals surface area contributed by atoms with Gasteiger partial charge in [-0.1, -0.05) is 18.2 Å². The van der Waals surface area contributed by atoms with E-state index in [1.165, 1.54) is 7.11 Å². The predicted molar refractivity (Wildman–Crippen MR) is 133 cm³/mol. The van der Waals surface area contributed by atoms with Gasteiger partial charge in [0, 0.05) is 30.8 Å². The van der Waals surface area contributed by atoms with Crippen molar-refractivity contribution in [2.24, 2.45) is 0 Å². The van der Waals surface area contributed by atoms with E-state index in [2.05, 4.69) is 16.0 Å². The Bertz CT molecular complexity index is 1300. The molecular formula is C23H27N5O9S. The number of ether oxygens (including phenoxy) is 1. The number of nitro benzene ring substituents is 1. The molecule has 2 unspecified atom stereocenters. The monoisotopic (exact) mass is 549 g/mol. The number of carbonyl (C=O) groups excluding carboxylic acids is 2. The van der Waals surface area contributed by atoms with Crippen molar-refractivity contribution in [2.45, 2.75) is 36.4 Å². The zero-order chi connectivity index (χ0) is 27.9. The van der Waals surface area contributed by atoms with Crippen LogP contribution in [0.5, 0.6) is 5.75 Å². The molecule has 1 aliphatic rings. The summed E-state index contributed by atoms with van der Waals surface area (Å²) in [5.74, 6) is -1.70. The van der Waals surface area contributed by atoms with Crippen LogP contribution in [0.25, 0.3) is 0 Å². The molecule has 38 heavy (non-hydrogen) atoms. The van der Waals surface area contributed by atoms with Gasteiger partial charge in [0.2, 0.25) is 15.9 Å². The number of amides is 3. The number of para-hydroxylation sites is 1. The summed E-state index contributed by atoms with van der Waals surface area (Å²) in [4.78, 5) is 46.8. The predicted octanol–water partition coefficient (Wildman–Crippen LogP) is 0.825. The lowest BCUT2D eigenvalue weighted by atomic mass is 10.2. The molecule has 3 rings (SSSR count). The van der Waals surface area contributed by atoms with Crippen molar-refractivity contribution in [3.8, 4) is 5.75 Å². The summed E-state index contributed by atoms with van der Waals surface area (Å²) in [5, 5.41) is 27.6. The van der Waals surface area contributed by atoms with Gasteiger partial charge >= 0.3 is 12.0 Å². The fraction of sp³-hybridized carbons (Fsp3) is 0.348. The molecule has 2 aromatic carbocycles. The Kier molecular flexibility index (Phi) is 9.20. The molecule has 1 aliphatic heterocycles. The Labute approximate surface area is 218 Å². The summed E-state index contributed by atoms with van der Waals surface area (Å²) in [6.07, 6.45) is 0.503. The minimum absolute atomic E-state index is 0.0126. The summed E-state index contributed by atoms with van der Waals surface area (Å²) in [7, 11) is -2.70. The summed E-state index contributed by atoms with van der Waals surface area (Å²) in [6, 6.07) is 7.86. The molecule has 0 spiro atoms. The average molecular weight is 550 g/mol. The molecule has 1 heterocycles. The Morgan fingerprint density at radius 2 is 1.84 bits per heavy atom. The van der Waals surface area contributed by atoms with E-state index < -0.39 is 51.5 Å². The van der Waals surface area contributed by atoms with E-state index in [0.717, 1.165) is 28.6 Å². The van der Waals surface area contributed by atoms with E-state index in [1.807, 2.05) is 0 Å². The van der Waals surface area contributed by atoms with Gasteiger partial charge in [0.1, 0.15) is 17.8 Å². The van der Waals surface area contributed by atoms with Crippen molar-refractivity contribution in [3.05, 3.63) is 64.2 Å². The highest BCUT2D eigenvalue weighted by Gasteiger charge is 2.40.